The minimum atomic E-state index is 0.0533. The number of aromatic nitrogens is 2. The summed E-state index contributed by atoms with van der Waals surface area (Å²) in [5.41, 5.74) is 0.0533. The lowest BCUT2D eigenvalue weighted by molar-refractivity contribution is 0.554. The highest BCUT2D eigenvalue weighted by Crippen LogP contribution is 2.25. The van der Waals surface area contributed by atoms with Gasteiger partial charge in [0.15, 0.2) is 0 Å². The summed E-state index contributed by atoms with van der Waals surface area (Å²) in [6.45, 7) is 6.44. The lowest BCUT2D eigenvalue weighted by Crippen LogP contribution is -2.25. The van der Waals surface area contributed by atoms with Gasteiger partial charge in [0, 0.05) is 28.7 Å². The minimum absolute atomic E-state index is 0.0533. The van der Waals surface area contributed by atoms with Crippen molar-refractivity contribution in [1.82, 2.24) is 9.36 Å². The smallest absolute Gasteiger partial charge is 0.202 e. The summed E-state index contributed by atoms with van der Waals surface area (Å²) in [6.07, 6.45) is 2.57. The van der Waals surface area contributed by atoms with E-state index in [-0.39, 0.29) is 5.41 Å². The van der Waals surface area contributed by atoms with E-state index in [0.29, 0.717) is 6.04 Å². The van der Waals surface area contributed by atoms with Crippen molar-refractivity contribution in [1.29, 1.82) is 0 Å². The second-order valence-electron chi connectivity index (χ2n) is 5.23. The predicted molar refractivity (Wildman–Crippen MR) is 72.6 cm³/mol. The summed E-state index contributed by atoms with van der Waals surface area (Å²) in [5.74, 6) is 3.45. The van der Waals surface area contributed by atoms with Gasteiger partial charge in [-0.15, -0.1) is 0 Å². The molecule has 90 valence electrons. The molecule has 1 fully saturated rings. The molecule has 1 atom stereocenters. The first-order chi connectivity index (χ1) is 7.55. The number of rotatable bonds is 2. The summed E-state index contributed by atoms with van der Waals surface area (Å²) in [6, 6.07) is 0.583. The number of hydrogen-bond donors (Lipinski definition) is 1. The molecular weight excluding hydrogens is 238 g/mol. The van der Waals surface area contributed by atoms with Crippen LogP contribution in [0.15, 0.2) is 0 Å². The predicted octanol–water partition coefficient (Wildman–Crippen LogP) is 3.14. The van der Waals surface area contributed by atoms with Crippen molar-refractivity contribution >= 4 is 28.4 Å². The standard InChI is InChI=1S/C11H19N3S2/c1-11(2,3)9-13-10(16-14-9)12-8-5-4-6-15-7-8/h8H,4-7H2,1-3H3,(H,12,13,14). The van der Waals surface area contributed by atoms with Gasteiger partial charge in [-0.1, -0.05) is 20.8 Å². The molecule has 2 heterocycles. The lowest BCUT2D eigenvalue weighted by atomic mass is 9.96. The average Bonchev–Trinajstić information content (AvgIpc) is 2.67. The maximum Gasteiger partial charge on any atom is 0.202 e. The van der Waals surface area contributed by atoms with Gasteiger partial charge in [0.1, 0.15) is 5.82 Å². The van der Waals surface area contributed by atoms with Crippen molar-refractivity contribution in [2.75, 3.05) is 16.8 Å². The van der Waals surface area contributed by atoms with Gasteiger partial charge in [0.25, 0.3) is 0 Å². The van der Waals surface area contributed by atoms with Gasteiger partial charge in [0.2, 0.25) is 5.13 Å². The SMILES string of the molecule is CC(C)(C)c1nsc(NC2CCCSC2)n1. The average molecular weight is 257 g/mol. The van der Waals surface area contributed by atoms with Crippen LogP contribution in [0.25, 0.3) is 0 Å². The Labute approximate surface area is 106 Å². The van der Waals surface area contributed by atoms with E-state index in [9.17, 15) is 0 Å². The van der Waals surface area contributed by atoms with Crippen molar-refractivity contribution < 1.29 is 0 Å². The normalized spacial score (nSPS) is 22.1. The molecule has 1 N–H and O–H groups in total. The van der Waals surface area contributed by atoms with Crippen molar-refractivity contribution in [2.45, 2.75) is 45.1 Å². The number of thioether (sulfide) groups is 1. The first kappa shape index (κ1) is 12.2. The van der Waals surface area contributed by atoms with Gasteiger partial charge in [-0.3, -0.25) is 0 Å². The highest BCUT2D eigenvalue weighted by molar-refractivity contribution is 7.99. The van der Waals surface area contributed by atoms with Crippen LogP contribution in [0, 0.1) is 0 Å². The van der Waals surface area contributed by atoms with E-state index in [4.69, 9.17) is 0 Å². The maximum absolute atomic E-state index is 4.56. The molecule has 1 aliphatic rings. The van der Waals surface area contributed by atoms with E-state index in [1.165, 1.54) is 35.9 Å². The van der Waals surface area contributed by atoms with Crippen LogP contribution in [-0.4, -0.2) is 26.9 Å². The topological polar surface area (TPSA) is 37.8 Å². The van der Waals surface area contributed by atoms with Gasteiger partial charge >= 0.3 is 0 Å². The molecule has 16 heavy (non-hydrogen) atoms. The second-order valence-corrected chi connectivity index (χ2v) is 7.13. The number of nitrogens with zero attached hydrogens (tertiary/aromatic N) is 2. The van der Waals surface area contributed by atoms with Gasteiger partial charge in [-0.05, 0) is 18.6 Å². The summed E-state index contributed by atoms with van der Waals surface area (Å²) in [7, 11) is 0. The van der Waals surface area contributed by atoms with E-state index in [1.807, 2.05) is 11.8 Å². The first-order valence-corrected chi connectivity index (χ1v) is 7.67. The summed E-state index contributed by atoms with van der Waals surface area (Å²) in [5, 5.41) is 4.48. The fourth-order valence-electron chi connectivity index (χ4n) is 1.62. The molecule has 0 amide bonds. The largest absolute Gasteiger partial charge is 0.357 e. The third kappa shape index (κ3) is 3.10. The molecular formula is C11H19N3S2. The van der Waals surface area contributed by atoms with Gasteiger partial charge in [-0.25, -0.2) is 4.98 Å². The van der Waals surface area contributed by atoms with Gasteiger partial charge in [0.05, 0.1) is 0 Å². The van der Waals surface area contributed by atoms with Crippen LogP contribution in [0.3, 0.4) is 0 Å². The van der Waals surface area contributed by atoms with Crippen molar-refractivity contribution in [3.05, 3.63) is 5.82 Å². The zero-order valence-electron chi connectivity index (χ0n) is 10.1. The van der Waals surface area contributed by atoms with E-state index in [1.54, 1.807) is 0 Å². The third-order valence-corrected chi connectivity index (χ3v) is 4.45. The lowest BCUT2D eigenvalue weighted by Gasteiger charge is -2.21. The van der Waals surface area contributed by atoms with E-state index in [2.05, 4.69) is 35.4 Å². The fourth-order valence-corrected chi connectivity index (χ4v) is 3.52. The van der Waals surface area contributed by atoms with Gasteiger partial charge < -0.3 is 5.32 Å². The number of nitrogens with one attached hydrogen (secondary N) is 1. The summed E-state index contributed by atoms with van der Waals surface area (Å²) >= 11 is 3.52. The molecule has 0 spiro atoms. The van der Waals surface area contributed by atoms with E-state index >= 15 is 0 Å². The molecule has 0 aliphatic carbocycles. The Hall–Kier alpha value is -0.290. The highest BCUT2D eigenvalue weighted by atomic mass is 32.2. The molecule has 1 aliphatic heterocycles. The molecule has 3 nitrogen and oxygen atoms in total. The van der Waals surface area contributed by atoms with Gasteiger partial charge in [-0.2, -0.15) is 16.1 Å². The fraction of sp³-hybridized carbons (Fsp3) is 0.818. The Morgan fingerprint density at radius 1 is 1.38 bits per heavy atom. The molecule has 1 saturated heterocycles. The third-order valence-electron chi connectivity index (χ3n) is 2.58. The molecule has 0 bridgehead atoms. The van der Waals surface area contributed by atoms with Crippen LogP contribution >= 0.6 is 23.3 Å². The molecule has 1 unspecified atom stereocenters. The Morgan fingerprint density at radius 2 is 2.19 bits per heavy atom. The minimum Gasteiger partial charge on any atom is -0.357 e. The Balaban J connectivity index is 1.97. The molecule has 1 aromatic rings. The van der Waals surface area contributed by atoms with Crippen LogP contribution in [0.2, 0.25) is 0 Å². The zero-order chi connectivity index (χ0) is 11.6. The number of anilines is 1. The molecule has 5 heteroatoms. The summed E-state index contributed by atoms with van der Waals surface area (Å²) < 4.78 is 4.41. The monoisotopic (exact) mass is 257 g/mol. The molecule has 0 aromatic carbocycles. The second kappa shape index (κ2) is 4.92. The van der Waals surface area contributed by atoms with Crippen LogP contribution in [0.1, 0.15) is 39.4 Å². The van der Waals surface area contributed by atoms with Crippen molar-refractivity contribution in [3.63, 3.8) is 0 Å². The van der Waals surface area contributed by atoms with E-state index < -0.39 is 0 Å². The Bertz CT molecular complexity index is 337. The Morgan fingerprint density at radius 3 is 2.75 bits per heavy atom. The molecule has 0 radical (unpaired) electrons. The molecule has 0 saturated carbocycles. The van der Waals surface area contributed by atoms with Crippen molar-refractivity contribution in [3.8, 4) is 0 Å². The first-order valence-electron chi connectivity index (χ1n) is 5.74. The quantitative estimate of drug-likeness (QED) is 0.883. The maximum atomic E-state index is 4.56. The van der Waals surface area contributed by atoms with Crippen molar-refractivity contribution in [2.24, 2.45) is 0 Å². The van der Waals surface area contributed by atoms with Crippen LogP contribution in [-0.2, 0) is 5.41 Å². The zero-order valence-corrected chi connectivity index (χ0v) is 11.7. The summed E-state index contributed by atoms with van der Waals surface area (Å²) in [4.78, 5) is 4.56. The Kier molecular flexibility index (Phi) is 3.74. The van der Waals surface area contributed by atoms with E-state index in [0.717, 1.165) is 11.0 Å². The van der Waals surface area contributed by atoms with Crippen LogP contribution in [0.4, 0.5) is 5.13 Å². The highest BCUT2D eigenvalue weighted by Gasteiger charge is 2.21. The van der Waals surface area contributed by atoms with Crippen LogP contribution < -0.4 is 5.32 Å². The molecule has 1 aromatic heterocycles. The molecule has 2 rings (SSSR count). The van der Waals surface area contributed by atoms with Crippen LogP contribution in [0.5, 0.6) is 0 Å². The number of hydrogen-bond acceptors (Lipinski definition) is 5.